The number of hydrogen-bond donors (Lipinski definition) is 0. The SMILES string of the molecule is C=CCOc1cccc(C2=C(c3ccc(S(C)(=O)=O)cc3)C(C)(C)OC2=O)c1. The summed E-state index contributed by atoms with van der Waals surface area (Å²) >= 11 is 0. The zero-order chi connectivity index (χ0) is 20.5. The van der Waals surface area contributed by atoms with Gasteiger partial charge in [0.15, 0.2) is 9.84 Å². The lowest BCUT2D eigenvalue weighted by molar-refractivity contribution is -0.141. The predicted molar refractivity (Wildman–Crippen MR) is 109 cm³/mol. The first-order chi connectivity index (χ1) is 13.1. The molecule has 2 aromatic rings. The molecule has 0 amide bonds. The third-order valence-electron chi connectivity index (χ3n) is 4.47. The first-order valence-electron chi connectivity index (χ1n) is 8.76. The molecule has 0 spiro atoms. The number of ether oxygens (including phenoxy) is 2. The molecule has 1 aliphatic rings. The average Bonchev–Trinajstić information content (AvgIpc) is 2.88. The summed E-state index contributed by atoms with van der Waals surface area (Å²) in [7, 11) is -3.30. The second kappa shape index (κ2) is 7.28. The van der Waals surface area contributed by atoms with E-state index >= 15 is 0 Å². The van der Waals surface area contributed by atoms with Crippen molar-refractivity contribution < 1.29 is 22.7 Å². The fourth-order valence-corrected chi connectivity index (χ4v) is 3.89. The summed E-state index contributed by atoms with van der Waals surface area (Å²) in [4.78, 5) is 12.9. The van der Waals surface area contributed by atoms with Crippen LogP contribution in [0.3, 0.4) is 0 Å². The van der Waals surface area contributed by atoms with Gasteiger partial charge in [-0.2, -0.15) is 0 Å². The smallest absolute Gasteiger partial charge is 0.340 e. The lowest BCUT2D eigenvalue weighted by Gasteiger charge is -2.22. The van der Waals surface area contributed by atoms with Crippen LogP contribution in [-0.4, -0.2) is 32.9 Å². The lowest BCUT2D eigenvalue weighted by atomic mass is 9.87. The van der Waals surface area contributed by atoms with Crippen molar-refractivity contribution in [2.45, 2.75) is 24.3 Å². The van der Waals surface area contributed by atoms with Crippen molar-refractivity contribution in [3.63, 3.8) is 0 Å². The fraction of sp³-hybridized carbons (Fsp3) is 0.227. The summed E-state index contributed by atoms with van der Waals surface area (Å²) in [5.41, 5.74) is 1.71. The molecule has 0 aromatic heterocycles. The van der Waals surface area contributed by atoms with Crippen molar-refractivity contribution in [2.24, 2.45) is 0 Å². The van der Waals surface area contributed by atoms with Crippen LogP contribution in [0.25, 0.3) is 11.1 Å². The minimum absolute atomic E-state index is 0.223. The Balaban J connectivity index is 2.15. The molecule has 28 heavy (non-hydrogen) atoms. The number of carbonyl (C=O) groups is 1. The highest BCUT2D eigenvalue weighted by Crippen LogP contribution is 2.44. The van der Waals surface area contributed by atoms with Gasteiger partial charge in [0.05, 0.1) is 10.5 Å². The van der Waals surface area contributed by atoms with Crippen LogP contribution in [0, 0.1) is 0 Å². The van der Waals surface area contributed by atoms with Gasteiger partial charge in [-0.25, -0.2) is 13.2 Å². The third-order valence-corrected chi connectivity index (χ3v) is 5.59. The van der Waals surface area contributed by atoms with Gasteiger partial charge in [-0.05, 0) is 49.2 Å². The van der Waals surface area contributed by atoms with Crippen LogP contribution in [-0.2, 0) is 19.4 Å². The molecule has 0 saturated heterocycles. The largest absolute Gasteiger partial charge is 0.490 e. The molecular formula is C22H22O5S. The van der Waals surface area contributed by atoms with Crippen LogP contribution in [0.2, 0.25) is 0 Å². The van der Waals surface area contributed by atoms with Crippen LogP contribution in [0.4, 0.5) is 0 Å². The van der Waals surface area contributed by atoms with Crippen molar-refractivity contribution in [3.8, 4) is 5.75 Å². The zero-order valence-electron chi connectivity index (χ0n) is 16.1. The zero-order valence-corrected chi connectivity index (χ0v) is 16.9. The number of cyclic esters (lactones) is 1. The highest BCUT2D eigenvalue weighted by molar-refractivity contribution is 7.90. The second-order valence-corrected chi connectivity index (χ2v) is 9.09. The quantitative estimate of drug-likeness (QED) is 0.545. The molecule has 0 atom stereocenters. The topological polar surface area (TPSA) is 69.7 Å². The van der Waals surface area contributed by atoms with E-state index in [0.717, 1.165) is 11.8 Å². The normalized spacial score (nSPS) is 16.0. The first kappa shape index (κ1) is 19.9. The summed E-state index contributed by atoms with van der Waals surface area (Å²) in [6.45, 7) is 7.62. The molecule has 0 radical (unpaired) electrons. The summed E-state index contributed by atoms with van der Waals surface area (Å²) in [6, 6.07) is 13.7. The molecule has 5 nitrogen and oxygen atoms in total. The Hall–Kier alpha value is -2.86. The average molecular weight is 398 g/mol. The Kier molecular flexibility index (Phi) is 5.17. The van der Waals surface area contributed by atoms with Gasteiger partial charge < -0.3 is 9.47 Å². The van der Waals surface area contributed by atoms with Gasteiger partial charge >= 0.3 is 5.97 Å². The van der Waals surface area contributed by atoms with Crippen LogP contribution in [0.15, 0.2) is 66.1 Å². The summed E-state index contributed by atoms with van der Waals surface area (Å²) in [6.07, 6.45) is 2.81. The predicted octanol–water partition coefficient (Wildman–Crippen LogP) is 3.90. The highest BCUT2D eigenvalue weighted by atomic mass is 32.2. The lowest BCUT2D eigenvalue weighted by Crippen LogP contribution is -2.22. The molecule has 3 rings (SSSR count). The van der Waals surface area contributed by atoms with E-state index in [9.17, 15) is 13.2 Å². The van der Waals surface area contributed by atoms with Crippen molar-refractivity contribution in [3.05, 3.63) is 72.3 Å². The van der Waals surface area contributed by atoms with Gasteiger partial charge in [0, 0.05) is 11.8 Å². The van der Waals surface area contributed by atoms with Gasteiger partial charge in [-0.3, -0.25) is 0 Å². The van der Waals surface area contributed by atoms with E-state index in [1.807, 2.05) is 26.0 Å². The van der Waals surface area contributed by atoms with E-state index in [1.54, 1.807) is 30.3 Å². The monoisotopic (exact) mass is 398 g/mol. The maximum Gasteiger partial charge on any atom is 0.340 e. The Morgan fingerprint density at radius 1 is 1.11 bits per heavy atom. The van der Waals surface area contributed by atoms with Crippen molar-refractivity contribution in [1.29, 1.82) is 0 Å². The van der Waals surface area contributed by atoms with E-state index < -0.39 is 21.4 Å². The van der Waals surface area contributed by atoms with Gasteiger partial charge in [0.25, 0.3) is 0 Å². The minimum atomic E-state index is -3.30. The highest BCUT2D eigenvalue weighted by Gasteiger charge is 2.41. The maximum absolute atomic E-state index is 12.7. The van der Waals surface area contributed by atoms with E-state index in [4.69, 9.17) is 9.47 Å². The molecule has 2 aromatic carbocycles. The summed E-state index contributed by atoms with van der Waals surface area (Å²) < 4.78 is 34.7. The van der Waals surface area contributed by atoms with E-state index in [-0.39, 0.29) is 4.90 Å². The Bertz CT molecular complexity index is 1060. The Morgan fingerprint density at radius 2 is 1.79 bits per heavy atom. The molecule has 1 heterocycles. The van der Waals surface area contributed by atoms with Gasteiger partial charge in [0.2, 0.25) is 0 Å². The molecule has 0 unspecified atom stereocenters. The number of benzene rings is 2. The molecule has 0 aliphatic carbocycles. The van der Waals surface area contributed by atoms with E-state index in [0.29, 0.717) is 29.1 Å². The van der Waals surface area contributed by atoms with Crippen molar-refractivity contribution in [1.82, 2.24) is 0 Å². The van der Waals surface area contributed by atoms with E-state index in [1.165, 1.54) is 12.1 Å². The van der Waals surface area contributed by atoms with Gasteiger partial charge in [-0.15, -0.1) is 0 Å². The van der Waals surface area contributed by atoms with Gasteiger partial charge in [-0.1, -0.05) is 36.9 Å². The molecule has 0 bridgehead atoms. The first-order valence-corrected chi connectivity index (χ1v) is 10.7. The number of esters is 1. The molecule has 1 aliphatic heterocycles. The standard InChI is InChI=1S/C22H22O5S/c1-5-13-26-17-8-6-7-16(14-17)19-20(22(2,3)27-21(19)23)15-9-11-18(12-10-15)28(4,24)25/h5-12,14H,1,13H2,2-4H3. The molecular weight excluding hydrogens is 376 g/mol. The fourth-order valence-electron chi connectivity index (χ4n) is 3.26. The summed E-state index contributed by atoms with van der Waals surface area (Å²) in [5.74, 6) is 0.197. The van der Waals surface area contributed by atoms with Crippen molar-refractivity contribution >= 4 is 27.0 Å². The van der Waals surface area contributed by atoms with Crippen LogP contribution >= 0.6 is 0 Å². The molecule has 6 heteroatoms. The third kappa shape index (κ3) is 3.87. The Labute approximate surface area is 165 Å². The molecule has 146 valence electrons. The second-order valence-electron chi connectivity index (χ2n) is 7.07. The Morgan fingerprint density at radius 3 is 2.39 bits per heavy atom. The number of carbonyl (C=O) groups excluding carboxylic acids is 1. The molecule has 0 fully saturated rings. The molecule has 0 saturated carbocycles. The van der Waals surface area contributed by atoms with E-state index in [2.05, 4.69) is 6.58 Å². The number of hydrogen-bond acceptors (Lipinski definition) is 5. The van der Waals surface area contributed by atoms with Crippen molar-refractivity contribution in [2.75, 3.05) is 12.9 Å². The number of rotatable bonds is 6. The molecule has 0 N–H and O–H groups in total. The van der Waals surface area contributed by atoms with Gasteiger partial charge in [0.1, 0.15) is 18.0 Å². The maximum atomic E-state index is 12.7. The number of sulfone groups is 1. The minimum Gasteiger partial charge on any atom is -0.490 e. The van der Waals surface area contributed by atoms with Crippen LogP contribution in [0.5, 0.6) is 5.75 Å². The van der Waals surface area contributed by atoms with Crippen LogP contribution < -0.4 is 4.74 Å². The summed E-state index contributed by atoms with van der Waals surface area (Å²) in [5, 5.41) is 0. The van der Waals surface area contributed by atoms with Crippen LogP contribution in [0.1, 0.15) is 25.0 Å².